The molecule has 4 aromatic rings. The lowest BCUT2D eigenvalue weighted by atomic mass is 10.1. The Bertz CT molecular complexity index is 1430. The molecule has 4 rings (SSSR count). The largest absolute Gasteiger partial charge is 0.488 e. The number of nitrogens with zero attached hydrogens (tertiary/aromatic N) is 4. The molecule has 0 aliphatic rings. The molecule has 0 radical (unpaired) electrons. The van der Waals surface area contributed by atoms with Gasteiger partial charge in [-0.1, -0.05) is 52.7 Å². The first-order chi connectivity index (χ1) is 16.9. The standard InChI is InChI=1S/C28H29BrN4O2/c1-5-6-27-31-25-14-12-22(29)15-24(25)28(34)33(27)30-17-21-11-13-23(32(3)4)16-26(21)35-18-20-9-7-19(2)8-10-20/h7-17H,5-6,18H2,1-4H3. The minimum Gasteiger partial charge on any atom is -0.488 e. The van der Waals surface area contributed by atoms with Crippen molar-refractivity contribution in [1.29, 1.82) is 0 Å². The third-order valence-corrected chi connectivity index (χ3v) is 6.18. The maximum Gasteiger partial charge on any atom is 0.282 e. The zero-order valence-corrected chi connectivity index (χ0v) is 22.0. The summed E-state index contributed by atoms with van der Waals surface area (Å²) in [5, 5.41) is 5.11. The molecule has 0 spiro atoms. The predicted octanol–water partition coefficient (Wildman–Crippen LogP) is 5.95. The molecule has 0 fully saturated rings. The highest BCUT2D eigenvalue weighted by Gasteiger charge is 2.12. The van der Waals surface area contributed by atoms with E-state index in [-0.39, 0.29) is 5.56 Å². The summed E-state index contributed by atoms with van der Waals surface area (Å²) in [7, 11) is 3.98. The number of anilines is 1. The molecule has 3 aromatic carbocycles. The summed E-state index contributed by atoms with van der Waals surface area (Å²) in [4.78, 5) is 20.0. The quantitative estimate of drug-likeness (QED) is 0.263. The summed E-state index contributed by atoms with van der Waals surface area (Å²) in [6.07, 6.45) is 3.18. The Morgan fingerprint density at radius 3 is 2.57 bits per heavy atom. The Morgan fingerprint density at radius 2 is 1.86 bits per heavy atom. The highest BCUT2D eigenvalue weighted by molar-refractivity contribution is 9.10. The lowest BCUT2D eigenvalue weighted by Crippen LogP contribution is -2.22. The fraction of sp³-hybridized carbons (Fsp3) is 0.250. The molecule has 7 heteroatoms. The summed E-state index contributed by atoms with van der Waals surface area (Å²) < 4.78 is 8.44. The molecular weight excluding hydrogens is 504 g/mol. The molecule has 6 nitrogen and oxygen atoms in total. The van der Waals surface area contributed by atoms with E-state index in [4.69, 9.17) is 9.72 Å². The van der Waals surface area contributed by atoms with Crippen LogP contribution in [0.5, 0.6) is 5.75 Å². The van der Waals surface area contributed by atoms with Gasteiger partial charge in [-0.15, -0.1) is 0 Å². The van der Waals surface area contributed by atoms with Crippen molar-refractivity contribution in [2.24, 2.45) is 5.10 Å². The molecule has 0 saturated heterocycles. The second-order valence-electron chi connectivity index (χ2n) is 8.69. The van der Waals surface area contributed by atoms with E-state index in [1.165, 1.54) is 10.2 Å². The number of hydrogen-bond donors (Lipinski definition) is 0. The number of fused-ring (bicyclic) bond motifs is 1. The highest BCUT2D eigenvalue weighted by atomic mass is 79.9. The number of halogens is 1. The van der Waals surface area contributed by atoms with Crippen molar-refractivity contribution < 1.29 is 4.74 Å². The van der Waals surface area contributed by atoms with Crippen LogP contribution in [-0.2, 0) is 13.0 Å². The van der Waals surface area contributed by atoms with Crippen LogP contribution in [0.2, 0.25) is 0 Å². The SMILES string of the molecule is CCCc1nc2ccc(Br)cc2c(=O)n1N=Cc1ccc(N(C)C)cc1OCc1ccc(C)cc1. The molecule has 1 heterocycles. The van der Waals surface area contributed by atoms with E-state index in [1.807, 2.05) is 49.3 Å². The third-order valence-electron chi connectivity index (χ3n) is 5.69. The zero-order valence-electron chi connectivity index (χ0n) is 20.5. The highest BCUT2D eigenvalue weighted by Crippen LogP contribution is 2.25. The first-order valence-electron chi connectivity index (χ1n) is 11.6. The summed E-state index contributed by atoms with van der Waals surface area (Å²) in [6, 6.07) is 19.8. The van der Waals surface area contributed by atoms with E-state index in [0.717, 1.165) is 27.7 Å². The van der Waals surface area contributed by atoms with Crippen LogP contribution in [0.25, 0.3) is 10.9 Å². The second kappa shape index (κ2) is 10.9. The lowest BCUT2D eigenvalue weighted by Gasteiger charge is -2.16. The van der Waals surface area contributed by atoms with Gasteiger partial charge in [0, 0.05) is 42.3 Å². The van der Waals surface area contributed by atoms with E-state index in [2.05, 4.69) is 59.1 Å². The van der Waals surface area contributed by atoms with E-state index in [1.54, 1.807) is 12.3 Å². The van der Waals surface area contributed by atoms with E-state index in [0.29, 0.717) is 35.5 Å². The monoisotopic (exact) mass is 532 g/mol. The Kier molecular flexibility index (Phi) is 7.66. The molecule has 0 aliphatic heterocycles. The fourth-order valence-corrected chi connectivity index (χ4v) is 4.06. The molecule has 0 saturated carbocycles. The van der Waals surface area contributed by atoms with Crippen LogP contribution in [-0.4, -0.2) is 30.0 Å². The topological polar surface area (TPSA) is 59.7 Å². The number of aryl methyl sites for hydroxylation is 2. The maximum absolute atomic E-state index is 13.3. The minimum absolute atomic E-state index is 0.192. The van der Waals surface area contributed by atoms with Crippen molar-refractivity contribution in [3.8, 4) is 5.75 Å². The van der Waals surface area contributed by atoms with Gasteiger partial charge in [-0.2, -0.15) is 9.78 Å². The normalized spacial score (nSPS) is 11.3. The lowest BCUT2D eigenvalue weighted by molar-refractivity contribution is 0.306. The van der Waals surface area contributed by atoms with E-state index < -0.39 is 0 Å². The third kappa shape index (κ3) is 5.80. The van der Waals surface area contributed by atoms with Crippen molar-refractivity contribution >= 4 is 38.7 Å². The number of hydrogen-bond acceptors (Lipinski definition) is 5. The molecule has 0 atom stereocenters. The molecule has 0 amide bonds. The van der Waals surface area contributed by atoms with Crippen LogP contribution in [0.3, 0.4) is 0 Å². The first-order valence-corrected chi connectivity index (χ1v) is 12.4. The van der Waals surface area contributed by atoms with Gasteiger partial charge in [-0.05, 0) is 49.2 Å². The second-order valence-corrected chi connectivity index (χ2v) is 9.61. The molecule has 0 bridgehead atoms. The van der Waals surface area contributed by atoms with Crippen LogP contribution in [0.4, 0.5) is 5.69 Å². The molecule has 0 N–H and O–H groups in total. The summed E-state index contributed by atoms with van der Waals surface area (Å²) in [6.45, 7) is 4.56. The zero-order chi connectivity index (χ0) is 24.9. The Hall–Kier alpha value is -3.45. The van der Waals surface area contributed by atoms with Gasteiger partial charge in [0.2, 0.25) is 0 Å². The van der Waals surface area contributed by atoms with Crippen molar-refractivity contribution in [2.45, 2.75) is 33.3 Å². The van der Waals surface area contributed by atoms with E-state index >= 15 is 0 Å². The molecule has 1 aromatic heterocycles. The average Bonchev–Trinajstić information content (AvgIpc) is 2.84. The molecule has 35 heavy (non-hydrogen) atoms. The van der Waals surface area contributed by atoms with Gasteiger partial charge in [0.15, 0.2) is 0 Å². The van der Waals surface area contributed by atoms with Gasteiger partial charge < -0.3 is 9.64 Å². The van der Waals surface area contributed by atoms with Crippen molar-refractivity contribution in [3.05, 3.63) is 98.0 Å². The van der Waals surface area contributed by atoms with Crippen molar-refractivity contribution in [3.63, 3.8) is 0 Å². The number of rotatable bonds is 8. The van der Waals surface area contributed by atoms with Gasteiger partial charge in [0.05, 0.1) is 17.1 Å². The number of benzene rings is 3. The van der Waals surface area contributed by atoms with Gasteiger partial charge in [0.25, 0.3) is 5.56 Å². The van der Waals surface area contributed by atoms with Gasteiger partial charge in [0.1, 0.15) is 18.2 Å². The fourth-order valence-electron chi connectivity index (χ4n) is 3.70. The number of aromatic nitrogens is 2. The minimum atomic E-state index is -0.192. The first kappa shape index (κ1) is 24.7. The molecule has 0 unspecified atom stereocenters. The Labute approximate surface area is 214 Å². The molecular formula is C28H29BrN4O2. The molecule has 0 aliphatic carbocycles. The van der Waals surface area contributed by atoms with Crippen LogP contribution in [0.1, 0.15) is 35.9 Å². The van der Waals surface area contributed by atoms with Crippen LogP contribution < -0.4 is 15.2 Å². The summed E-state index contributed by atoms with van der Waals surface area (Å²) in [5.41, 5.74) is 4.57. The molecule has 180 valence electrons. The van der Waals surface area contributed by atoms with Crippen molar-refractivity contribution in [1.82, 2.24) is 9.66 Å². The summed E-state index contributed by atoms with van der Waals surface area (Å²) >= 11 is 3.45. The average molecular weight is 533 g/mol. The predicted molar refractivity (Wildman–Crippen MR) is 147 cm³/mol. The van der Waals surface area contributed by atoms with Crippen LogP contribution >= 0.6 is 15.9 Å². The van der Waals surface area contributed by atoms with Gasteiger partial charge in [-0.3, -0.25) is 4.79 Å². The smallest absolute Gasteiger partial charge is 0.282 e. The summed E-state index contributed by atoms with van der Waals surface area (Å²) in [5.74, 6) is 1.33. The van der Waals surface area contributed by atoms with Crippen molar-refractivity contribution in [2.75, 3.05) is 19.0 Å². The van der Waals surface area contributed by atoms with Crippen LogP contribution in [0.15, 0.2) is 75.0 Å². The Balaban J connectivity index is 1.73. The van der Waals surface area contributed by atoms with E-state index in [9.17, 15) is 4.79 Å². The Morgan fingerprint density at radius 1 is 1.09 bits per heavy atom. The maximum atomic E-state index is 13.3. The van der Waals surface area contributed by atoms with Gasteiger partial charge in [-0.25, -0.2) is 4.98 Å². The van der Waals surface area contributed by atoms with Crippen LogP contribution in [0, 0.1) is 6.92 Å². The number of ether oxygens (including phenoxy) is 1. The van der Waals surface area contributed by atoms with Gasteiger partial charge >= 0.3 is 0 Å².